The zero-order chi connectivity index (χ0) is 13.2. The van der Waals surface area contributed by atoms with E-state index in [0.29, 0.717) is 0 Å². The molecule has 0 spiro atoms. The summed E-state index contributed by atoms with van der Waals surface area (Å²) in [6.45, 7) is 5.86. The van der Waals surface area contributed by atoms with Crippen LogP contribution in [0.2, 0.25) is 0 Å². The summed E-state index contributed by atoms with van der Waals surface area (Å²) in [5.74, 6) is 0. The fraction of sp³-hybridized carbons (Fsp3) is 0.600. The molecule has 0 bridgehead atoms. The van der Waals surface area contributed by atoms with E-state index in [4.69, 9.17) is 5.73 Å². The molecule has 108 valence electrons. The van der Waals surface area contributed by atoms with E-state index in [1.54, 1.807) is 0 Å². The third-order valence-electron chi connectivity index (χ3n) is 4.21. The van der Waals surface area contributed by atoms with Crippen LogP contribution in [0.15, 0.2) is 24.3 Å². The van der Waals surface area contributed by atoms with Crippen LogP contribution in [0.4, 0.5) is 11.4 Å². The van der Waals surface area contributed by atoms with Crippen LogP contribution in [-0.2, 0) is 0 Å². The molecule has 1 fully saturated rings. The Morgan fingerprint density at radius 3 is 2.47 bits per heavy atom. The van der Waals surface area contributed by atoms with Gasteiger partial charge in [-0.25, -0.2) is 0 Å². The Kier molecular flexibility index (Phi) is 5.68. The fourth-order valence-corrected chi connectivity index (χ4v) is 2.99. The highest BCUT2D eigenvalue weighted by Gasteiger charge is 2.34. The van der Waals surface area contributed by atoms with Crippen LogP contribution in [0.3, 0.4) is 0 Å². The summed E-state index contributed by atoms with van der Waals surface area (Å²) < 4.78 is 1.14. The van der Waals surface area contributed by atoms with Gasteiger partial charge in [-0.15, -0.1) is 0 Å². The van der Waals surface area contributed by atoms with Crippen LogP contribution in [-0.4, -0.2) is 44.3 Å². The summed E-state index contributed by atoms with van der Waals surface area (Å²) in [7, 11) is 4.72. The molecule has 2 rings (SSSR count). The summed E-state index contributed by atoms with van der Waals surface area (Å²) in [4.78, 5) is 2.49. The third-order valence-corrected chi connectivity index (χ3v) is 4.21. The first kappa shape index (κ1) is 16.3. The first-order valence-corrected chi connectivity index (χ1v) is 6.96. The monoisotopic (exact) mass is 327 g/mol. The van der Waals surface area contributed by atoms with Crippen molar-refractivity contribution in [1.29, 1.82) is 0 Å². The van der Waals surface area contributed by atoms with Crippen molar-refractivity contribution in [2.24, 2.45) is 0 Å². The van der Waals surface area contributed by atoms with Gasteiger partial charge in [0.15, 0.2) is 0 Å². The Morgan fingerprint density at radius 1 is 1.26 bits per heavy atom. The molecule has 4 heteroatoms. The van der Waals surface area contributed by atoms with Gasteiger partial charge in [0.2, 0.25) is 0 Å². The average molecular weight is 328 g/mol. The van der Waals surface area contributed by atoms with Gasteiger partial charge in [-0.3, -0.25) is 0 Å². The lowest BCUT2D eigenvalue weighted by molar-refractivity contribution is -0.912. The standard InChI is InChI=1S/C15H26N3.BrH/c1-4-11-18(2,3)15-9-10-17(12-15)14-7-5-13(16)6-8-14;/h5-8,15H,4,9-12,16H2,1-3H3;1H/q+1;/p-1. The topological polar surface area (TPSA) is 29.3 Å². The van der Waals surface area contributed by atoms with E-state index in [1.165, 1.54) is 31.6 Å². The number of halogens is 1. The van der Waals surface area contributed by atoms with Crippen molar-refractivity contribution in [2.75, 3.05) is 44.4 Å². The van der Waals surface area contributed by atoms with E-state index >= 15 is 0 Å². The van der Waals surface area contributed by atoms with E-state index in [-0.39, 0.29) is 17.0 Å². The molecule has 1 saturated heterocycles. The SMILES string of the molecule is CCC[N+](C)(C)C1CCN(c2ccc(N)cc2)C1.[Br-]. The van der Waals surface area contributed by atoms with Crippen LogP contribution >= 0.6 is 0 Å². The summed E-state index contributed by atoms with van der Waals surface area (Å²) in [6, 6.07) is 9.01. The number of rotatable bonds is 4. The predicted molar refractivity (Wildman–Crippen MR) is 78.7 cm³/mol. The van der Waals surface area contributed by atoms with Gasteiger partial charge in [0.1, 0.15) is 6.04 Å². The third kappa shape index (κ3) is 3.86. The van der Waals surface area contributed by atoms with E-state index in [9.17, 15) is 0 Å². The van der Waals surface area contributed by atoms with Gasteiger partial charge in [-0.05, 0) is 30.7 Å². The maximum absolute atomic E-state index is 5.74. The highest BCUT2D eigenvalue weighted by molar-refractivity contribution is 5.53. The summed E-state index contributed by atoms with van der Waals surface area (Å²) >= 11 is 0. The molecule has 1 heterocycles. The molecule has 0 aliphatic carbocycles. The molecule has 1 aliphatic rings. The van der Waals surface area contributed by atoms with Crippen molar-refractivity contribution in [2.45, 2.75) is 25.8 Å². The Labute approximate surface area is 127 Å². The molecule has 1 aromatic rings. The molecule has 0 radical (unpaired) electrons. The van der Waals surface area contributed by atoms with Gasteiger partial charge in [-0.2, -0.15) is 0 Å². The number of nitrogens with zero attached hydrogens (tertiary/aromatic N) is 2. The molecule has 19 heavy (non-hydrogen) atoms. The second-order valence-electron chi connectivity index (χ2n) is 5.98. The predicted octanol–water partition coefficient (Wildman–Crippen LogP) is -0.662. The van der Waals surface area contributed by atoms with E-state index in [2.05, 4.69) is 38.1 Å². The molecular formula is C15H26BrN3. The maximum atomic E-state index is 5.74. The van der Waals surface area contributed by atoms with Gasteiger partial charge < -0.3 is 32.1 Å². The smallest absolute Gasteiger partial charge is 0.108 e. The van der Waals surface area contributed by atoms with Crippen molar-refractivity contribution in [3.63, 3.8) is 0 Å². The van der Waals surface area contributed by atoms with Crippen LogP contribution < -0.4 is 27.6 Å². The number of hydrogen-bond acceptors (Lipinski definition) is 2. The van der Waals surface area contributed by atoms with Gasteiger partial charge >= 0.3 is 0 Å². The summed E-state index contributed by atoms with van der Waals surface area (Å²) in [5.41, 5.74) is 7.89. The number of nitrogen functional groups attached to an aromatic ring is 1. The molecular weight excluding hydrogens is 302 g/mol. The van der Waals surface area contributed by atoms with Gasteiger partial charge in [-0.1, -0.05) is 6.92 Å². The number of likely N-dealkylation sites (N-methyl/N-ethyl adjacent to an activating group) is 1. The van der Waals surface area contributed by atoms with Crippen molar-refractivity contribution in [3.05, 3.63) is 24.3 Å². The van der Waals surface area contributed by atoms with Crippen LogP contribution in [0.25, 0.3) is 0 Å². The summed E-state index contributed by atoms with van der Waals surface area (Å²) in [5, 5.41) is 0. The lowest BCUT2D eigenvalue weighted by Crippen LogP contribution is -3.00. The Morgan fingerprint density at radius 2 is 1.89 bits per heavy atom. The van der Waals surface area contributed by atoms with Crippen molar-refractivity contribution in [1.82, 2.24) is 0 Å². The summed E-state index contributed by atoms with van der Waals surface area (Å²) in [6.07, 6.45) is 2.54. The number of quaternary nitrogens is 1. The van der Waals surface area contributed by atoms with Crippen molar-refractivity contribution in [3.8, 4) is 0 Å². The largest absolute Gasteiger partial charge is 1.00 e. The molecule has 0 amide bonds. The minimum Gasteiger partial charge on any atom is -1.00 e. The van der Waals surface area contributed by atoms with Crippen molar-refractivity contribution < 1.29 is 21.5 Å². The fourth-order valence-electron chi connectivity index (χ4n) is 2.99. The minimum absolute atomic E-state index is 0. The lowest BCUT2D eigenvalue weighted by atomic mass is 10.2. The molecule has 1 aliphatic heterocycles. The number of benzene rings is 1. The molecule has 0 saturated carbocycles. The molecule has 1 atom stereocenters. The lowest BCUT2D eigenvalue weighted by Gasteiger charge is -2.36. The minimum atomic E-state index is 0. The molecule has 0 aromatic heterocycles. The second-order valence-corrected chi connectivity index (χ2v) is 5.98. The normalized spacial score (nSPS) is 19.3. The van der Waals surface area contributed by atoms with Crippen LogP contribution in [0.5, 0.6) is 0 Å². The van der Waals surface area contributed by atoms with Crippen molar-refractivity contribution >= 4 is 11.4 Å². The number of anilines is 2. The van der Waals surface area contributed by atoms with Gasteiger partial charge in [0.25, 0.3) is 0 Å². The zero-order valence-corrected chi connectivity index (χ0v) is 13.9. The number of nitrogens with two attached hydrogens (primary N) is 1. The van der Waals surface area contributed by atoms with Gasteiger partial charge in [0, 0.05) is 24.3 Å². The molecule has 1 unspecified atom stereocenters. The quantitative estimate of drug-likeness (QED) is 0.587. The first-order chi connectivity index (χ1) is 8.53. The van der Waals surface area contributed by atoms with E-state index < -0.39 is 0 Å². The average Bonchev–Trinajstić information content (AvgIpc) is 2.80. The molecule has 2 N–H and O–H groups in total. The highest BCUT2D eigenvalue weighted by Crippen LogP contribution is 2.26. The van der Waals surface area contributed by atoms with Crippen LogP contribution in [0.1, 0.15) is 19.8 Å². The second kappa shape index (κ2) is 6.62. The Hall–Kier alpha value is -0.740. The zero-order valence-electron chi connectivity index (χ0n) is 12.3. The van der Waals surface area contributed by atoms with E-state index in [0.717, 1.165) is 22.8 Å². The van der Waals surface area contributed by atoms with Crippen LogP contribution in [0, 0.1) is 0 Å². The Bertz CT molecular complexity index is 389. The highest BCUT2D eigenvalue weighted by atomic mass is 79.9. The first-order valence-electron chi connectivity index (χ1n) is 6.96. The maximum Gasteiger partial charge on any atom is 0.108 e. The molecule has 3 nitrogen and oxygen atoms in total. The van der Waals surface area contributed by atoms with E-state index in [1.807, 2.05) is 12.1 Å². The van der Waals surface area contributed by atoms with Gasteiger partial charge in [0.05, 0.1) is 27.2 Å². The Balaban J connectivity index is 0.00000180. The molecule has 1 aromatic carbocycles. The number of hydrogen-bond donors (Lipinski definition) is 1.